The van der Waals surface area contributed by atoms with Gasteiger partial charge >= 0.3 is 0 Å². The fraction of sp³-hybridized carbons (Fsp3) is 0.400. The smallest absolute Gasteiger partial charge is 0.157 e. The van der Waals surface area contributed by atoms with E-state index in [2.05, 4.69) is 52.4 Å². The largest absolute Gasteiger partial charge is 0.383 e. The van der Waals surface area contributed by atoms with Crippen molar-refractivity contribution >= 4 is 34.9 Å². The lowest BCUT2D eigenvalue weighted by molar-refractivity contribution is 0.799. The van der Waals surface area contributed by atoms with Gasteiger partial charge in [-0.05, 0) is 17.7 Å². The predicted octanol–water partition coefficient (Wildman–Crippen LogP) is 4.07. The summed E-state index contributed by atoms with van der Waals surface area (Å²) >= 11 is 7.79. The van der Waals surface area contributed by atoms with Crippen molar-refractivity contribution < 1.29 is 0 Å². The van der Waals surface area contributed by atoms with Crippen LogP contribution in [0.15, 0.2) is 29.7 Å². The number of anilines is 2. The Kier molecular flexibility index (Phi) is 5.47. The molecule has 0 aliphatic heterocycles. The molecule has 118 valence electrons. The first-order valence-electron chi connectivity index (χ1n) is 6.95. The van der Waals surface area contributed by atoms with Crippen LogP contribution in [0.1, 0.15) is 26.3 Å². The maximum atomic E-state index is 6.04. The molecule has 2 heterocycles. The highest BCUT2D eigenvalue weighted by molar-refractivity contribution is 8.00. The second kappa shape index (κ2) is 7.15. The van der Waals surface area contributed by atoms with Crippen LogP contribution in [0.5, 0.6) is 0 Å². The average Bonchev–Trinajstić information content (AvgIpc) is 2.44. The molecule has 2 rings (SSSR count). The van der Waals surface area contributed by atoms with E-state index in [1.54, 1.807) is 18.8 Å². The molecule has 0 aromatic carbocycles. The van der Waals surface area contributed by atoms with Gasteiger partial charge in [-0.3, -0.25) is 0 Å². The van der Waals surface area contributed by atoms with Gasteiger partial charge in [0.05, 0.1) is 5.03 Å². The second-order valence-corrected chi connectivity index (χ2v) is 7.91. The standard InChI is InChI=1S/C15H20ClN5S/c1-15(2,3)22-11-7-10(5-6-18-11)8-19-14-12(17-4)13(16)20-9-21-14/h5-7,9,17H,8H2,1-4H3,(H,19,20,21). The lowest BCUT2D eigenvalue weighted by Gasteiger charge is -2.17. The van der Waals surface area contributed by atoms with Crippen LogP contribution in [0.2, 0.25) is 5.15 Å². The second-order valence-electron chi connectivity index (χ2n) is 5.71. The number of hydrogen-bond donors (Lipinski definition) is 2. The van der Waals surface area contributed by atoms with E-state index in [0.717, 1.165) is 10.6 Å². The number of nitrogens with zero attached hydrogens (tertiary/aromatic N) is 3. The molecule has 0 aliphatic rings. The number of rotatable bonds is 5. The highest BCUT2D eigenvalue weighted by Gasteiger charge is 2.13. The third-order valence-electron chi connectivity index (χ3n) is 2.72. The van der Waals surface area contributed by atoms with Gasteiger partial charge in [0.2, 0.25) is 0 Å². The molecular formula is C15H20ClN5S. The van der Waals surface area contributed by atoms with Crippen molar-refractivity contribution in [2.45, 2.75) is 37.1 Å². The molecule has 0 aliphatic carbocycles. The summed E-state index contributed by atoms with van der Waals surface area (Å²) < 4.78 is 0.137. The fourth-order valence-corrected chi connectivity index (χ4v) is 3.01. The average molecular weight is 338 g/mol. The molecule has 0 amide bonds. The molecule has 0 unspecified atom stereocenters. The van der Waals surface area contributed by atoms with Crippen molar-refractivity contribution in [1.29, 1.82) is 0 Å². The van der Waals surface area contributed by atoms with E-state index in [4.69, 9.17) is 11.6 Å². The molecule has 0 radical (unpaired) electrons. The molecule has 2 N–H and O–H groups in total. The third-order valence-corrected chi connectivity index (χ3v) is 4.05. The van der Waals surface area contributed by atoms with Crippen molar-refractivity contribution in [1.82, 2.24) is 15.0 Å². The minimum atomic E-state index is 0.137. The monoisotopic (exact) mass is 337 g/mol. The van der Waals surface area contributed by atoms with Crippen LogP contribution in [0.25, 0.3) is 0 Å². The van der Waals surface area contributed by atoms with Crippen molar-refractivity contribution in [2.24, 2.45) is 0 Å². The molecule has 0 saturated carbocycles. The SMILES string of the molecule is CNc1c(Cl)ncnc1NCc1ccnc(SC(C)(C)C)c1. The molecule has 0 saturated heterocycles. The summed E-state index contributed by atoms with van der Waals surface area (Å²) in [7, 11) is 1.79. The zero-order valence-corrected chi connectivity index (χ0v) is 14.7. The van der Waals surface area contributed by atoms with Gasteiger partial charge in [-0.25, -0.2) is 15.0 Å². The highest BCUT2D eigenvalue weighted by Crippen LogP contribution is 2.31. The first-order chi connectivity index (χ1) is 10.4. The molecule has 0 fully saturated rings. The van der Waals surface area contributed by atoms with Gasteiger partial charge in [0.15, 0.2) is 11.0 Å². The zero-order valence-electron chi connectivity index (χ0n) is 13.1. The van der Waals surface area contributed by atoms with Gasteiger partial charge < -0.3 is 10.6 Å². The van der Waals surface area contributed by atoms with Crippen molar-refractivity contribution in [3.8, 4) is 0 Å². The van der Waals surface area contributed by atoms with Crippen molar-refractivity contribution in [3.63, 3.8) is 0 Å². The third kappa shape index (κ3) is 4.74. The molecule has 0 spiro atoms. The van der Waals surface area contributed by atoms with Crippen LogP contribution < -0.4 is 10.6 Å². The van der Waals surface area contributed by atoms with E-state index in [0.29, 0.717) is 23.2 Å². The molecule has 0 atom stereocenters. The van der Waals surface area contributed by atoms with Gasteiger partial charge in [-0.15, -0.1) is 11.8 Å². The molecular weight excluding hydrogens is 318 g/mol. The first-order valence-corrected chi connectivity index (χ1v) is 8.14. The van der Waals surface area contributed by atoms with E-state index in [-0.39, 0.29) is 4.75 Å². The van der Waals surface area contributed by atoms with Crippen LogP contribution in [-0.2, 0) is 6.54 Å². The number of halogens is 1. The highest BCUT2D eigenvalue weighted by atomic mass is 35.5. The Bertz CT molecular complexity index is 642. The van der Waals surface area contributed by atoms with Crippen LogP contribution in [-0.4, -0.2) is 26.7 Å². The molecule has 0 bridgehead atoms. The van der Waals surface area contributed by atoms with E-state index >= 15 is 0 Å². The summed E-state index contributed by atoms with van der Waals surface area (Å²) in [6.45, 7) is 7.16. The van der Waals surface area contributed by atoms with Gasteiger partial charge in [0.1, 0.15) is 12.0 Å². The van der Waals surface area contributed by atoms with Crippen LogP contribution in [0, 0.1) is 0 Å². The maximum absolute atomic E-state index is 6.04. The van der Waals surface area contributed by atoms with Gasteiger partial charge in [0.25, 0.3) is 0 Å². The van der Waals surface area contributed by atoms with Gasteiger partial charge in [0, 0.05) is 24.5 Å². The van der Waals surface area contributed by atoms with Crippen molar-refractivity contribution in [2.75, 3.05) is 17.7 Å². The number of hydrogen-bond acceptors (Lipinski definition) is 6. The maximum Gasteiger partial charge on any atom is 0.157 e. The van der Waals surface area contributed by atoms with Gasteiger partial charge in [-0.2, -0.15) is 0 Å². The normalized spacial score (nSPS) is 11.3. The van der Waals surface area contributed by atoms with E-state index < -0.39 is 0 Å². The summed E-state index contributed by atoms with van der Waals surface area (Å²) in [6.07, 6.45) is 3.27. The lowest BCUT2D eigenvalue weighted by Crippen LogP contribution is -2.08. The number of aromatic nitrogens is 3. The van der Waals surface area contributed by atoms with Crippen LogP contribution in [0.4, 0.5) is 11.5 Å². The fourth-order valence-electron chi connectivity index (χ4n) is 1.84. The Morgan fingerprint density at radius 2 is 2.00 bits per heavy atom. The Balaban J connectivity index is 2.09. The first kappa shape index (κ1) is 16.8. The van der Waals surface area contributed by atoms with E-state index in [1.807, 2.05) is 12.3 Å². The number of nitrogens with one attached hydrogen (secondary N) is 2. The van der Waals surface area contributed by atoms with E-state index in [1.165, 1.54) is 6.33 Å². The Labute approximate surface area is 140 Å². The summed E-state index contributed by atoms with van der Waals surface area (Å²) in [6, 6.07) is 4.08. The summed E-state index contributed by atoms with van der Waals surface area (Å²) in [5.74, 6) is 0.685. The summed E-state index contributed by atoms with van der Waals surface area (Å²) in [4.78, 5) is 12.6. The molecule has 5 nitrogen and oxygen atoms in total. The van der Waals surface area contributed by atoms with E-state index in [9.17, 15) is 0 Å². The van der Waals surface area contributed by atoms with Crippen molar-refractivity contribution in [3.05, 3.63) is 35.4 Å². The minimum absolute atomic E-state index is 0.137. The molecule has 22 heavy (non-hydrogen) atoms. The van der Waals surface area contributed by atoms with Gasteiger partial charge in [-0.1, -0.05) is 32.4 Å². The summed E-state index contributed by atoms with van der Waals surface area (Å²) in [5, 5.41) is 7.70. The predicted molar refractivity (Wildman–Crippen MR) is 93.8 cm³/mol. The Morgan fingerprint density at radius 1 is 1.23 bits per heavy atom. The summed E-state index contributed by atoms with van der Waals surface area (Å²) in [5.41, 5.74) is 1.83. The Morgan fingerprint density at radius 3 is 2.68 bits per heavy atom. The minimum Gasteiger partial charge on any atom is -0.383 e. The Hall–Kier alpha value is -1.53. The molecule has 2 aromatic heterocycles. The zero-order chi connectivity index (χ0) is 16.2. The molecule has 2 aromatic rings. The van der Waals surface area contributed by atoms with Crippen LogP contribution >= 0.6 is 23.4 Å². The van der Waals surface area contributed by atoms with Crippen LogP contribution in [0.3, 0.4) is 0 Å². The lowest BCUT2D eigenvalue weighted by atomic mass is 10.2. The number of pyridine rings is 1. The topological polar surface area (TPSA) is 62.7 Å². The number of thioether (sulfide) groups is 1. The quantitative estimate of drug-likeness (QED) is 0.633. The molecule has 7 heteroatoms.